The van der Waals surface area contributed by atoms with Crippen LogP contribution in [-0.2, 0) is 9.53 Å². The number of Topliss-reactive ketones (excluding diaryl/α,β-unsaturated/α-hetero) is 1. The van der Waals surface area contributed by atoms with Crippen molar-refractivity contribution in [3.8, 4) is 6.07 Å². The maximum absolute atomic E-state index is 13.5. The van der Waals surface area contributed by atoms with Crippen LogP contribution in [0.4, 0.5) is 4.39 Å². The maximum Gasteiger partial charge on any atom is 0.205 e. The second-order valence-corrected chi connectivity index (χ2v) is 6.73. The maximum atomic E-state index is 13.5. The molecule has 0 amide bonds. The molecule has 0 saturated carbocycles. The minimum Gasteiger partial charge on any atom is -0.444 e. The zero-order chi connectivity index (χ0) is 16.7. The van der Waals surface area contributed by atoms with E-state index in [1.54, 1.807) is 12.1 Å². The van der Waals surface area contributed by atoms with Crippen LogP contribution in [0.3, 0.4) is 0 Å². The molecule has 118 valence electrons. The number of ketones is 1. The quantitative estimate of drug-likeness (QED) is 0.811. The molecule has 6 heteroatoms. The van der Waals surface area contributed by atoms with E-state index < -0.39 is 11.7 Å². The van der Waals surface area contributed by atoms with Crippen molar-refractivity contribution in [2.24, 2.45) is 11.7 Å². The first-order valence-corrected chi connectivity index (χ1v) is 8.00. The van der Waals surface area contributed by atoms with E-state index in [9.17, 15) is 14.4 Å². The minimum atomic E-state index is -0.611. The summed E-state index contributed by atoms with van der Waals surface area (Å²) < 4.78 is 19.4. The molecular formula is C17H14BrFN2O2. The Hall–Kier alpha value is -2.13. The van der Waals surface area contributed by atoms with Gasteiger partial charge in [-0.05, 0) is 39.5 Å². The summed E-state index contributed by atoms with van der Waals surface area (Å²) in [6.45, 7) is 1.97. The molecule has 1 aliphatic heterocycles. The molecular weight excluding hydrogens is 363 g/mol. The highest BCUT2D eigenvalue weighted by atomic mass is 79.9. The van der Waals surface area contributed by atoms with E-state index in [1.807, 2.05) is 13.0 Å². The number of rotatable bonds is 1. The molecule has 0 fully saturated rings. The molecule has 0 saturated heterocycles. The third-order valence-electron chi connectivity index (χ3n) is 4.14. The molecule has 1 aromatic rings. The zero-order valence-corrected chi connectivity index (χ0v) is 14.0. The molecule has 2 N–H and O–H groups in total. The van der Waals surface area contributed by atoms with Gasteiger partial charge < -0.3 is 10.5 Å². The van der Waals surface area contributed by atoms with Crippen LogP contribution in [0.5, 0.6) is 0 Å². The Morgan fingerprint density at radius 3 is 2.83 bits per heavy atom. The number of hydrogen-bond donors (Lipinski definition) is 1. The van der Waals surface area contributed by atoms with Crippen molar-refractivity contribution in [2.75, 3.05) is 0 Å². The standard InChI is InChI=1S/C17H14BrFN2O2/c1-8-4-13(22)16-14(5-8)23-17(21)10(7-20)15(16)9-2-3-12(19)11(18)6-9/h2-3,6,8,15H,4-5,21H2,1H3/t8-,15+/m0/s1. The first-order valence-electron chi connectivity index (χ1n) is 7.21. The minimum absolute atomic E-state index is 0.0126. The van der Waals surface area contributed by atoms with Crippen LogP contribution in [0.1, 0.15) is 31.2 Å². The SMILES string of the molecule is C[C@H]1CC(=O)C2=C(C1)OC(N)=C(C#N)[C@H]2c1ccc(F)c(Br)c1. The predicted octanol–water partition coefficient (Wildman–Crippen LogP) is 3.65. The Balaban J connectivity index is 2.19. The highest BCUT2D eigenvalue weighted by molar-refractivity contribution is 9.10. The number of benzene rings is 1. The number of nitrogens with zero attached hydrogens (tertiary/aromatic N) is 1. The molecule has 0 aromatic heterocycles. The summed E-state index contributed by atoms with van der Waals surface area (Å²) in [6.07, 6.45) is 0.999. The summed E-state index contributed by atoms with van der Waals surface area (Å²) in [6, 6.07) is 6.48. The van der Waals surface area contributed by atoms with Gasteiger partial charge in [-0.15, -0.1) is 0 Å². The Morgan fingerprint density at radius 1 is 1.43 bits per heavy atom. The predicted molar refractivity (Wildman–Crippen MR) is 85.2 cm³/mol. The fourth-order valence-corrected chi connectivity index (χ4v) is 3.51. The molecule has 23 heavy (non-hydrogen) atoms. The Labute approximate surface area is 141 Å². The Bertz CT molecular complexity index is 807. The number of nitriles is 1. The second-order valence-electron chi connectivity index (χ2n) is 5.87. The molecule has 0 unspecified atom stereocenters. The lowest BCUT2D eigenvalue weighted by atomic mass is 9.75. The van der Waals surface area contributed by atoms with Crippen molar-refractivity contribution in [3.63, 3.8) is 0 Å². The third-order valence-corrected chi connectivity index (χ3v) is 4.75. The lowest BCUT2D eigenvalue weighted by molar-refractivity contribution is -0.117. The van der Waals surface area contributed by atoms with Crippen LogP contribution >= 0.6 is 15.9 Å². The topological polar surface area (TPSA) is 76.1 Å². The third kappa shape index (κ3) is 2.66. The van der Waals surface area contributed by atoms with Gasteiger partial charge in [0.05, 0.1) is 10.4 Å². The molecule has 1 aliphatic carbocycles. The van der Waals surface area contributed by atoms with Crippen LogP contribution in [0, 0.1) is 23.1 Å². The molecule has 1 aromatic carbocycles. The van der Waals surface area contributed by atoms with Crippen molar-refractivity contribution < 1.29 is 13.9 Å². The Kier molecular flexibility index (Phi) is 3.99. The average molecular weight is 377 g/mol. The van der Waals surface area contributed by atoms with Gasteiger partial charge in [-0.25, -0.2) is 4.39 Å². The van der Waals surface area contributed by atoms with E-state index in [0.717, 1.165) is 0 Å². The number of nitrogens with two attached hydrogens (primary N) is 1. The van der Waals surface area contributed by atoms with E-state index in [1.165, 1.54) is 6.07 Å². The van der Waals surface area contributed by atoms with Crippen LogP contribution in [0.2, 0.25) is 0 Å². The van der Waals surface area contributed by atoms with Crippen molar-refractivity contribution in [2.45, 2.75) is 25.7 Å². The monoisotopic (exact) mass is 376 g/mol. The van der Waals surface area contributed by atoms with Crippen LogP contribution in [-0.4, -0.2) is 5.78 Å². The number of hydrogen-bond acceptors (Lipinski definition) is 4. The van der Waals surface area contributed by atoms with Gasteiger partial charge in [0, 0.05) is 18.4 Å². The van der Waals surface area contributed by atoms with E-state index in [4.69, 9.17) is 10.5 Å². The fraction of sp³-hybridized carbons (Fsp3) is 0.294. The normalized spacial score (nSPS) is 24.2. The fourth-order valence-electron chi connectivity index (χ4n) is 3.12. The molecule has 3 rings (SSSR count). The summed E-state index contributed by atoms with van der Waals surface area (Å²) in [5.74, 6) is -0.369. The van der Waals surface area contributed by atoms with Crippen molar-refractivity contribution in [1.29, 1.82) is 5.26 Å². The molecule has 0 spiro atoms. The number of halogens is 2. The highest BCUT2D eigenvalue weighted by Crippen LogP contribution is 2.44. The van der Waals surface area contributed by atoms with Crippen molar-refractivity contribution in [1.82, 2.24) is 0 Å². The molecule has 0 radical (unpaired) electrons. The highest BCUT2D eigenvalue weighted by Gasteiger charge is 2.39. The van der Waals surface area contributed by atoms with Gasteiger partial charge in [-0.3, -0.25) is 4.79 Å². The van der Waals surface area contributed by atoms with E-state index in [2.05, 4.69) is 15.9 Å². The van der Waals surface area contributed by atoms with Crippen molar-refractivity contribution >= 4 is 21.7 Å². The lowest BCUT2D eigenvalue weighted by Gasteiger charge is -2.33. The van der Waals surface area contributed by atoms with E-state index in [0.29, 0.717) is 29.7 Å². The van der Waals surface area contributed by atoms with Gasteiger partial charge in [0.25, 0.3) is 0 Å². The smallest absolute Gasteiger partial charge is 0.205 e. The molecule has 2 aliphatic rings. The van der Waals surface area contributed by atoms with Gasteiger partial charge >= 0.3 is 0 Å². The first-order chi connectivity index (χ1) is 10.9. The largest absolute Gasteiger partial charge is 0.444 e. The van der Waals surface area contributed by atoms with Crippen molar-refractivity contribution in [3.05, 3.63) is 56.8 Å². The van der Waals surface area contributed by atoms with Gasteiger partial charge in [0.15, 0.2) is 5.78 Å². The summed E-state index contributed by atoms with van der Waals surface area (Å²) in [5.41, 5.74) is 7.17. The molecule has 1 heterocycles. The van der Waals surface area contributed by atoms with Crippen LogP contribution in [0.25, 0.3) is 0 Å². The van der Waals surface area contributed by atoms with Crippen LogP contribution in [0.15, 0.2) is 45.5 Å². The molecule has 4 nitrogen and oxygen atoms in total. The summed E-state index contributed by atoms with van der Waals surface area (Å²) in [5, 5.41) is 9.46. The lowest BCUT2D eigenvalue weighted by Crippen LogP contribution is -2.29. The van der Waals surface area contributed by atoms with Gasteiger partial charge in [-0.1, -0.05) is 13.0 Å². The summed E-state index contributed by atoms with van der Waals surface area (Å²) in [4.78, 5) is 12.5. The van der Waals surface area contributed by atoms with E-state index in [-0.39, 0.29) is 27.6 Å². The number of carbonyl (C=O) groups excluding carboxylic acids is 1. The summed E-state index contributed by atoms with van der Waals surface area (Å²) in [7, 11) is 0. The van der Waals surface area contributed by atoms with Gasteiger partial charge in [-0.2, -0.15) is 5.26 Å². The van der Waals surface area contributed by atoms with Gasteiger partial charge in [0.2, 0.25) is 5.88 Å². The zero-order valence-electron chi connectivity index (χ0n) is 12.4. The summed E-state index contributed by atoms with van der Waals surface area (Å²) >= 11 is 3.14. The molecule has 0 bridgehead atoms. The average Bonchev–Trinajstić information content (AvgIpc) is 2.48. The number of ether oxygens (including phenoxy) is 1. The number of carbonyl (C=O) groups is 1. The molecule has 2 atom stereocenters. The second kappa shape index (κ2) is 5.82. The number of allylic oxidation sites excluding steroid dienone is 3. The van der Waals surface area contributed by atoms with Gasteiger partial charge in [0.1, 0.15) is 23.2 Å². The first kappa shape index (κ1) is 15.8. The van der Waals surface area contributed by atoms with E-state index >= 15 is 0 Å². The Morgan fingerprint density at radius 2 is 2.17 bits per heavy atom. The van der Waals surface area contributed by atoms with Crippen LogP contribution < -0.4 is 5.73 Å².